The van der Waals surface area contributed by atoms with Gasteiger partial charge in [0.2, 0.25) is 0 Å². The molecular weight excluding hydrogens is 262 g/mol. The zero-order chi connectivity index (χ0) is 14.7. The summed E-state index contributed by atoms with van der Waals surface area (Å²) in [5.41, 5.74) is 0. The number of hydrogen-bond acceptors (Lipinski definition) is 6. The molecule has 0 unspecified atom stereocenters. The van der Waals surface area contributed by atoms with Gasteiger partial charge in [0, 0.05) is 13.1 Å². The summed E-state index contributed by atoms with van der Waals surface area (Å²) in [6, 6.07) is -0.458. The molecule has 2 rings (SSSR count). The van der Waals surface area contributed by atoms with Crippen molar-refractivity contribution in [2.75, 3.05) is 13.1 Å². The Bertz CT molecular complexity index is 373. The second-order valence-corrected chi connectivity index (χ2v) is 5.43. The maximum absolute atomic E-state index is 11.7. The van der Waals surface area contributed by atoms with Crippen molar-refractivity contribution < 1.29 is 24.9 Å². The molecule has 0 bridgehead atoms. The van der Waals surface area contributed by atoms with Crippen LogP contribution in [0.1, 0.15) is 26.2 Å². The average Bonchev–Trinajstić information content (AvgIpc) is 2.77. The summed E-state index contributed by atoms with van der Waals surface area (Å²) in [6.45, 7) is 2.96. The highest BCUT2D eigenvalue weighted by atomic mass is 16.6. The van der Waals surface area contributed by atoms with E-state index in [2.05, 4.69) is 0 Å². The zero-order valence-corrected chi connectivity index (χ0v) is 11.7. The Hall–Kier alpha value is -0.950. The van der Waals surface area contributed by atoms with Crippen molar-refractivity contribution in [1.29, 1.82) is 0 Å². The second kappa shape index (κ2) is 6.67. The molecule has 0 aromatic carbocycles. The summed E-state index contributed by atoms with van der Waals surface area (Å²) in [4.78, 5) is 13.5. The molecule has 114 valence electrons. The number of nitrogens with zero attached hydrogens (tertiary/aromatic N) is 1. The average molecular weight is 285 g/mol. The van der Waals surface area contributed by atoms with Crippen LogP contribution in [0.3, 0.4) is 0 Å². The molecule has 2 aliphatic rings. The van der Waals surface area contributed by atoms with Crippen molar-refractivity contribution >= 4 is 5.97 Å². The summed E-state index contributed by atoms with van der Waals surface area (Å²) in [5.74, 6) is -0.413. The van der Waals surface area contributed by atoms with E-state index in [1.54, 1.807) is 6.08 Å². The molecule has 0 amide bonds. The minimum atomic E-state index is -1.15. The van der Waals surface area contributed by atoms with E-state index in [9.17, 15) is 20.1 Å². The number of hydrogen-bond donors (Lipinski definition) is 3. The Labute approximate surface area is 118 Å². The molecular formula is C14H23NO5. The highest BCUT2D eigenvalue weighted by Crippen LogP contribution is 2.29. The van der Waals surface area contributed by atoms with Gasteiger partial charge < -0.3 is 20.1 Å². The Morgan fingerprint density at radius 2 is 2.05 bits per heavy atom. The quantitative estimate of drug-likeness (QED) is 0.473. The third-order valence-corrected chi connectivity index (χ3v) is 3.99. The number of esters is 1. The number of allylic oxidation sites excluding steroid dienone is 1. The Morgan fingerprint density at radius 1 is 1.30 bits per heavy atom. The van der Waals surface area contributed by atoms with Crippen LogP contribution in [0.4, 0.5) is 0 Å². The van der Waals surface area contributed by atoms with E-state index >= 15 is 0 Å². The van der Waals surface area contributed by atoms with Crippen LogP contribution in [0.15, 0.2) is 12.2 Å². The first-order valence-electron chi connectivity index (χ1n) is 7.17. The molecule has 6 nitrogen and oxygen atoms in total. The minimum Gasteiger partial charge on any atom is -0.458 e. The molecule has 2 saturated heterocycles. The maximum atomic E-state index is 11.7. The first-order chi connectivity index (χ1) is 9.54. The molecule has 0 aromatic rings. The number of fused-ring (bicyclic) bond motifs is 1. The predicted octanol–water partition coefficient (Wildman–Crippen LogP) is -0.575. The standard InChI is InChI=1S/C14H23NO5/c1-2-3-4-5-11(17)20-10-8-15-7-6-9(16)12(15)14(19)13(10)18/h3-4,9-10,12-14,16,18-19H,2,5-8H2,1H3/b4-3+/t9-,10-,12+,13+,14+/m0/s1. The number of piperidine rings is 1. The second-order valence-electron chi connectivity index (χ2n) is 5.43. The van der Waals surface area contributed by atoms with E-state index in [0.717, 1.165) is 6.42 Å². The first-order valence-corrected chi connectivity index (χ1v) is 7.17. The lowest BCUT2D eigenvalue weighted by atomic mass is 9.93. The largest absolute Gasteiger partial charge is 0.458 e. The van der Waals surface area contributed by atoms with Gasteiger partial charge in [0.1, 0.15) is 18.3 Å². The lowest BCUT2D eigenvalue weighted by molar-refractivity contribution is -0.178. The molecule has 2 fully saturated rings. The van der Waals surface area contributed by atoms with Crippen molar-refractivity contribution in [3.63, 3.8) is 0 Å². The van der Waals surface area contributed by atoms with Gasteiger partial charge in [-0.15, -0.1) is 0 Å². The highest BCUT2D eigenvalue weighted by molar-refractivity contribution is 5.71. The fourth-order valence-corrected chi connectivity index (χ4v) is 2.95. The molecule has 0 aromatic heterocycles. The van der Waals surface area contributed by atoms with Gasteiger partial charge in [-0.3, -0.25) is 9.69 Å². The third kappa shape index (κ3) is 3.20. The van der Waals surface area contributed by atoms with Crippen LogP contribution in [0.5, 0.6) is 0 Å². The van der Waals surface area contributed by atoms with Crippen LogP contribution in [0.2, 0.25) is 0 Å². The fraction of sp³-hybridized carbons (Fsp3) is 0.786. The lowest BCUT2D eigenvalue weighted by Gasteiger charge is -2.42. The van der Waals surface area contributed by atoms with Crippen LogP contribution >= 0.6 is 0 Å². The number of carbonyl (C=O) groups excluding carboxylic acids is 1. The molecule has 0 spiro atoms. The Morgan fingerprint density at radius 3 is 2.75 bits per heavy atom. The third-order valence-electron chi connectivity index (χ3n) is 3.99. The van der Waals surface area contributed by atoms with Gasteiger partial charge in [0.25, 0.3) is 0 Å². The van der Waals surface area contributed by atoms with Gasteiger partial charge in [0.15, 0.2) is 0 Å². The molecule has 2 heterocycles. The summed E-state index contributed by atoms with van der Waals surface area (Å²) >= 11 is 0. The van der Waals surface area contributed by atoms with Crippen LogP contribution in [0, 0.1) is 0 Å². The van der Waals surface area contributed by atoms with E-state index in [4.69, 9.17) is 4.74 Å². The van der Waals surface area contributed by atoms with Gasteiger partial charge in [-0.2, -0.15) is 0 Å². The number of ether oxygens (including phenoxy) is 1. The Kier molecular flexibility index (Phi) is 5.15. The Balaban J connectivity index is 1.92. The smallest absolute Gasteiger partial charge is 0.310 e. The van der Waals surface area contributed by atoms with E-state index < -0.39 is 36.4 Å². The topological polar surface area (TPSA) is 90.2 Å². The summed E-state index contributed by atoms with van der Waals surface area (Å²) in [5, 5.41) is 29.9. The molecule has 2 aliphatic heterocycles. The van der Waals surface area contributed by atoms with Crippen LogP contribution < -0.4 is 0 Å². The van der Waals surface area contributed by atoms with E-state index in [-0.39, 0.29) is 6.42 Å². The molecule has 5 atom stereocenters. The van der Waals surface area contributed by atoms with Gasteiger partial charge in [-0.1, -0.05) is 19.1 Å². The molecule has 0 radical (unpaired) electrons. The zero-order valence-electron chi connectivity index (χ0n) is 11.7. The molecule has 20 heavy (non-hydrogen) atoms. The van der Waals surface area contributed by atoms with E-state index in [0.29, 0.717) is 19.5 Å². The molecule has 0 saturated carbocycles. The summed E-state index contributed by atoms with van der Waals surface area (Å²) in [6.07, 6.45) is 1.57. The van der Waals surface area contributed by atoms with Crippen molar-refractivity contribution in [3.05, 3.63) is 12.2 Å². The maximum Gasteiger partial charge on any atom is 0.310 e. The number of carbonyl (C=O) groups is 1. The van der Waals surface area contributed by atoms with Crippen LogP contribution in [0.25, 0.3) is 0 Å². The SMILES string of the molecule is CC/C=C/CC(=O)O[C@H]1CN2CC[C@H](O)[C@@H]2[C@@H](O)[C@@H]1O. The first kappa shape index (κ1) is 15.4. The predicted molar refractivity (Wildman–Crippen MR) is 71.9 cm³/mol. The van der Waals surface area contributed by atoms with Crippen molar-refractivity contribution in [2.24, 2.45) is 0 Å². The highest BCUT2D eigenvalue weighted by Gasteiger charge is 2.49. The minimum absolute atomic E-state index is 0.166. The van der Waals surface area contributed by atoms with Crippen molar-refractivity contribution in [3.8, 4) is 0 Å². The van der Waals surface area contributed by atoms with Gasteiger partial charge in [0.05, 0.1) is 18.6 Å². The van der Waals surface area contributed by atoms with Gasteiger partial charge >= 0.3 is 5.97 Å². The van der Waals surface area contributed by atoms with E-state index in [1.807, 2.05) is 17.9 Å². The van der Waals surface area contributed by atoms with Crippen molar-refractivity contribution in [2.45, 2.75) is 56.6 Å². The molecule has 0 aliphatic carbocycles. The normalized spacial score (nSPS) is 38.1. The number of aliphatic hydroxyl groups excluding tert-OH is 3. The van der Waals surface area contributed by atoms with Gasteiger partial charge in [-0.05, 0) is 12.8 Å². The molecule has 6 heteroatoms. The molecule has 3 N–H and O–H groups in total. The summed E-state index contributed by atoms with van der Waals surface area (Å²) < 4.78 is 5.24. The van der Waals surface area contributed by atoms with Crippen LogP contribution in [-0.2, 0) is 9.53 Å². The number of rotatable bonds is 4. The lowest BCUT2D eigenvalue weighted by Crippen LogP contribution is -2.62. The van der Waals surface area contributed by atoms with Crippen LogP contribution in [-0.4, -0.2) is 69.7 Å². The number of aliphatic hydroxyl groups is 3. The van der Waals surface area contributed by atoms with E-state index in [1.165, 1.54) is 0 Å². The monoisotopic (exact) mass is 285 g/mol. The summed E-state index contributed by atoms with van der Waals surface area (Å²) in [7, 11) is 0. The van der Waals surface area contributed by atoms with Gasteiger partial charge in [-0.25, -0.2) is 0 Å². The van der Waals surface area contributed by atoms with Crippen molar-refractivity contribution in [1.82, 2.24) is 4.90 Å². The fourth-order valence-electron chi connectivity index (χ4n) is 2.95.